The SMILES string of the molecule is CN(Cc1ccccc1)Cc1c(O)ccc2c(Cc3ccc(Cl)cc3)noc12. The van der Waals surface area contributed by atoms with E-state index in [1.165, 1.54) is 5.56 Å². The molecule has 0 unspecified atom stereocenters. The van der Waals surface area contributed by atoms with Gasteiger partial charge in [-0.05, 0) is 42.4 Å². The van der Waals surface area contributed by atoms with Gasteiger partial charge in [0.2, 0.25) is 0 Å². The van der Waals surface area contributed by atoms with Crippen LogP contribution in [0, 0.1) is 0 Å². The fourth-order valence-corrected chi connectivity index (χ4v) is 3.52. The van der Waals surface area contributed by atoms with Crippen LogP contribution in [0.2, 0.25) is 5.02 Å². The first-order valence-corrected chi connectivity index (χ1v) is 9.54. The third-order valence-corrected chi connectivity index (χ3v) is 5.05. The molecule has 1 N–H and O–H groups in total. The molecule has 1 heterocycles. The first kappa shape index (κ1) is 18.5. The third kappa shape index (κ3) is 4.03. The van der Waals surface area contributed by atoms with Gasteiger partial charge in [0.05, 0.1) is 11.3 Å². The van der Waals surface area contributed by atoms with Crippen molar-refractivity contribution in [3.05, 3.63) is 94.1 Å². The maximum atomic E-state index is 10.4. The molecule has 0 aliphatic heterocycles. The fourth-order valence-electron chi connectivity index (χ4n) is 3.40. The lowest BCUT2D eigenvalue weighted by Crippen LogP contribution is -2.17. The predicted molar refractivity (Wildman–Crippen MR) is 112 cm³/mol. The summed E-state index contributed by atoms with van der Waals surface area (Å²) < 4.78 is 5.65. The van der Waals surface area contributed by atoms with Crippen molar-refractivity contribution in [3.63, 3.8) is 0 Å². The summed E-state index contributed by atoms with van der Waals surface area (Å²) in [7, 11) is 2.02. The Hall–Kier alpha value is -2.82. The number of nitrogens with zero attached hydrogens (tertiary/aromatic N) is 2. The van der Waals surface area contributed by atoms with Gasteiger partial charge >= 0.3 is 0 Å². The zero-order valence-corrected chi connectivity index (χ0v) is 16.4. The maximum absolute atomic E-state index is 10.4. The van der Waals surface area contributed by atoms with Crippen LogP contribution in [0.4, 0.5) is 0 Å². The van der Waals surface area contributed by atoms with E-state index in [2.05, 4.69) is 22.2 Å². The van der Waals surface area contributed by atoms with Gasteiger partial charge < -0.3 is 9.63 Å². The van der Waals surface area contributed by atoms with Crippen LogP contribution in [-0.4, -0.2) is 22.2 Å². The summed E-state index contributed by atoms with van der Waals surface area (Å²) >= 11 is 5.97. The van der Waals surface area contributed by atoms with Crippen LogP contribution in [0.15, 0.2) is 71.3 Å². The van der Waals surface area contributed by atoms with Gasteiger partial charge in [-0.15, -0.1) is 0 Å². The molecule has 1 aromatic heterocycles. The Labute approximate surface area is 169 Å². The highest BCUT2D eigenvalue weighted by Crippen LogP contribution is 2.31. The lowest BCUT2D eigenvalue weighted by atomic mass is 10.0. The van der Waals surface area contributed by atoms with Crippen LogP contribution in [0.3, 0.4) is 0 Å². The van der Waals surface area contributed by atoms with Crippen molar-refractivity contribution < 1.29 is 9.63 Å². The van der Waals surface area contributed by atoms with Gasteiger partial charge in [0.1, 0.15) is 5.75 Å². The van der Waals surface area contributed by atoms with E-state index in [-0.39, 0.29) is 5.75 Å². The van der Waals surface area contributed by atoms with Crippen molar-refractivity contribution in [2.24, 2.45) is 0 Å². The zero-order chi connectivity index (χ0) is 19.5. The summed E-state index contributed by atoms with van der Waals surface area (Å²) in [4.78, 5) is 2.14. The number of aromatic hydroxyl groups is 1. The van der Waals surface area contributed by atoms with Crippen LogP contribution in [0.5, 0.6) is 5.75 Å². The summed E-state index contributed by atoms with van der Waals surface area (Å²) in [6.07, 6.45) is 0.647. The Morgan fingerprint density at radius 3 is 2.43 bits per heavy atom. The number of benzene rings is 3. The van der Waals surface area contributed by atoms with E-state index in [1.807, 2.05) is 55.6 Å². The Kier molecular flexibility index (Phi) is 5.33. The molecule has 0 spiro atoms. The number of rotatable bonds is 6. The smallest absolute Gasteiger partial charge is 0.175 e. The Balaban J connectivity index is 1.59. The molecule has 28 heavy (non-hydrogen) atoms. The standard InChI is InChI=1S/C23H21ClN2O2/c1-26(14-17-5-3-2-4-6-17)15-20-22(27)12-11-19-21(25-28-23(19)20)13-16-7-9-18(24)10-8-16/h2-12,27H,13-15H2,1H3. The minimum Gasteiger partial charge on any atom is -0.507 e. The molecular weight excluding hydrogens is 372 g/mol. The number of fused-ring (bicyclic) bond motifs is 1. The molecule has 4 rings (SSSR count). The van der Waals surface area contributed by atoms with E-state index < -0.39 is 0 Å². The van der Waals surface area contributed by atoms with Crippen molar-refractivity contribution >= 4 is 22.6 Å². The number of phenolic OH excluding ortho intramolecular Hbond substituents is 1. The van der Waals surface area contributed by atoms with Gasteiger partial charge in [0.25, 0.3) is 0 Å². The summed E-state index contributed by atoms with van der Waals surface area (Å²) in [6.45, 7) is 1.34. The second-order valence-electron chi connectivity index (χ2n) is 7.03. The second-order valence-corrected chi connectivity index (χ2v) is 7.47. The third-order valence-electron chi connectivity index (χ3n) is 4.80. The van der Waals surface area contributed by atoms with Gasteiger partial charge in [-0.3, -0.25) is 4.90 Å². The van der Waals surface area contributed by atoms with Gasteiger partial charge in [-0.2, -0.15) is 0 Å². The largest absolute Gasteiger partial charge is 0.507 e. The van der Waals surface area contributed by atoms with Crippen LogP contribution in [0.25, 0.3) is 11.0 Å². The molecule has 0 saturated heterocycles. The monoisotopic (exact) mass is 392 g/mol. The second kappa shape index (κ2) is 8.05. The summed E-state index contributed by atoms with van der Waals surface area (Å²) in [5, 5.41) is 16.3. The number of aromatic nitrogens is 1. The normalized spacial score (nSPS) is 11.4. The first-order chi connectivity index (χ1) is 13.6. The molecule has 4 aromatic rings. The molecule has 3 aromatic carbocycles. The first-order valence-electron chi connectivity index (χ1n) is 9.16. The molecule has 0 bridgehead atoms. The number of hydrogen-bond acceptors (Lipinski definition) is 4. The van der Waals surface area contributed by atoms with Crippen LogP contribution in [-0.2, 0) is 19.5 Å². The molecule has 4 nitrogen and oxygen atoms in total. The number of hydrogen-bond donors (Lipinski definition) is 1. The summed E-state index contributed by atoms with van der Waals surface area (Å²) in [5.74, 6) is 0.224. The van der Waals surface area contributed by atoms with E-state index in [9.17, 15) is 5.11 Å². The van der Waals surface area contributed by atoms with Crippen LogP contribution in [0.1, 0.15) is 22.4 Å². The van der Waals surface area contributed by atoms with Gasteiger partial charge in [0, 0.05) is 29.9 Å². The van der Waals surface area contributed by atoms with Gasteiger partial charge in [0.15, 0.2) is 5.58 Å². The Bertz CT molecular complexity index is 1080. The zero-order valence-electron chi connectivity index (χ0n) is 15.6. The molecular formula is C23H21ClN2O2. The molecule has 0 saturated carbocycles. The predicted octanol–water partition coefficient (Wildman–Crippen LogP) is 5.41. The molecule has 0 radical (unpaired) electrons. The number of phenols is 1. The Morgan fingerprint density at radius 2 is 1.68 bits per heavy atom. The lowest BCUT2D eigenvalue weighted by Gasteiger charge is -2.17. The quantitative estimate of drug-likeness (QED) is 0.476. The van der Waals surface area contributed by atoms with E-state index in [4.69, 9.17) is 16.1 Å². The van der Waals surface area contributed by atoms with Gasteiger partial charge in [-0.25, -0.2) is 0 Å². The average Bonchev–Trinajstić information content (AvgIpc) is 3.09. The molecule has 0 amide bonds. The van der Waals surface area contributed by atoms with Crippen molar-refractivity contribution in [2.75, 3.05) is 7.05 Å². The molecule has 0 atom stereocenters. The summed E-state index contributed by atoms with van der Waals surface area (Å²) in [5.41, 5.74) is 4.58. The topological polar surface area (TPSA) is 49.5 Å². The van der Waals surface area contributed by atoms with E-state index in [1.54, 1.807) is 6.07 Å². The summed E-state index contributed by atoms with van der Waals surface area (Å²) in [6, 6.07) is 21.5. The van der Waals surface area contributed by atoms with Crippen molar-refractivity contribution in [3.8, 4) is 5.75 Å². The average molecular weight is 393 g/mol. The Morgan fingerprint density at radius 1 is 0.929 bits per heavy atom. The highest BCUT2D eigenvalue weighted by atomic mass is 35.5. The molecule has 0 aliphatic carbocycles. The minimum absolute atomic E-state index is 0.224. The highest BCUT2D eigenvalue weighted by Gasteiger charge is 2.17. The van der Waals surface area contributed by atoms with Crippen LogP contribution >= 0.6 is 11.6 Å². The van der Waals surface area contributed by atoms with Crippen molar-refractivity contribution in [1.82, 2.24) is 10.1 Å². The van der Waals surface area contributed by atoms with Crippen LogP contribution < -0.4 is 0 Å². The maximum Gasteiger partial charge on any atom is 0.175 e. The molecule has 0 aliphatic rings. The van der Waals surface area contributed by atoms with E-state index >= 15 is 0 Å². The highest BCUT2D eigenvalue weighted by molar-refractivity contribution is 6.30. The fraction of sp³-hybridized carbons (Fsp3) is 0.174. The number of halogens is 1. The van der Waals surface area contributed by atoms with Gasteiger partial charge in [-0.1, -0.05) is 59.2 Å². The van der Waals surface area contributed by atoms with E-state index in [0.717, 1.165) is 28.8 Å². The van der Waals surface area contributed by atoms with Crippen molar-refractivity contribution in [2.45, 2.75) is 19.5 Å². The molecule has 0 fully saturated rings. The van der Waals surface area contributed by atoms with E-state index in [0.29, 0.717) is 23.6 Å². The lowest BCUT2D eigenvalue weighted by molar-refractivity contribution is 0.310. The molecule has 5 heteroatoms. The molecule has 142 valence electrons. The minimum atomic E-state index is 0.224. The van der Waals surface area contributed by atoms with Crippen molar-refractivity contribution in [1.29, 1.82) is 0 Å².